The molecule has 2 rings (SSSR count). The summed E-state index contributed by atoms with van der Waals surface area (Å²) in [6.45, 7) is 8.18. The Morgan fingerprint density at radius 3 is 2.13 bits per heavy atom. The topological polar surface area (TPSA) is 35.5 Å². The van der Waals surface area contributed by atoms with E-state index in [1.165, 1.54) is 0 Å². The largest absolute Gasteiger partial charge is 0.461 e. The molecule has 1 aliphatic heterocycles. The molecular formula is C11H19BO3. The summed E-state index contributed by atoms with van der Waals surface area (Å²) in [5.74, 6) is 0.605. The van der Waals surface area contributed by atoms with Gasteiger partial charge in [-0.2, -0.15) is 0 Å². The van der Waals surface area contributed by atoms with Gasteiger partial charge in [-0.05, 0) is 34.1 Å². The Kier molecular flexibility index (Phi) is 2.47. The highest BCUT2D eigenvalue weighted by Gasteiger charge is 2.54. The molecule has 2 fully saturated rings. The lowest BCUT2D eigenvalue weighted by molar-refractivity contribution is -0.117. The molecule has 1 heterocycles. The van der Waals surface area contributed by atoms with E-state index in [4.69, 9.17) is 9.31 Å². The van der Waals surface area contributed by atoms with Crippen LogP contribution in [0.3, 0.4) is 0 Å². The van der Waals surface area contributed by atoms with Crippen LogP contribution in [0.25, 0.3) is 0 Å². The quantitative estimate of drug-likeness (QED) is 0.622. The van der Waals surface area contributed by atoms with Crippen molar-refractivity contribution < 1.29 is 14.1 Å². The highest BCUT2D eigenvalue weighted by Crippen LogP contribution is 2.43. The predicted octanol–water partition coefficient (Wildman–Crippen LogP) is 2.20. The van der Waals surface area contributed by atoms with Crippen LogP contribution in [0.2, 0.25) is 5.82 Å². The number of rotatable bonds is 1. The van der Waals surface area contributed by atoms with Gasteiger partial charge in [-0.15, -0.1) is 0 Å². The van der Waals surface area contributed by atoms with Crippen LogP contribution in [0.5, 0.6) is 0 Å². The second kappa shape index (κ2) is 3.32. The van der Waals surface area contributed by atoms with E-state index in [-0.39, 0.29) is 24.1 Å². The summed E-state index contributed by atoms with van der Waals surface area (Å²) in [5.41, 5.74) is -0.549. The van der Waals surface area contributed by atoms with Crippen LogP contribution in [-0.2, 0) is 14.1 Å². The van der Waals surface area contributed by atoms with Gasteiger partial charge < -0.3 is 9.31 Å². The minimum Gasteiger partial charge on any atom is -0.403 e. The average Bonchev–Trinajstić information content (AvgIpc) is 2.56. The van der Waals surface area contributed by atoms with Crippen molar-refractivity contribution in [3.63, 3.8) is 0 Å². The molecule has 1 aliphatic carbocycles. The maximum atomic E-state index is 11.2. The molecule has 0 radical (unpaired) electrons. The SMILES string of the molecule is CC1(C)OB([C@@H]2CCC(=O)C2)OC1(C)C. The van der Waals surface area contributed by atoms with Gasteiger partial charge in [-0.1, -0.05) is 0 Å². The molecule has 0 aromatic carbocycles. The molecule has 0 N–H and O–H groups in total. The van der Waals surface area contributed by atoms with Crippen LogP contribution < -0.4 is 0 Å². The van der Waals surface area contributed by atoms with Gasteiger partial charge >= 0.3 is 7.12 Å². The molecular weight excluding hydrogens is 191 g/mol. The highest BCUT2D eigenvalue weighted by molar-refractivity contribution is 6.48. The highest BCUT2D eigenvalue weighted by atomic mass is 16.7. The third-order valence-electron chi connectivity index (χ3n) is 3.94. The number of hydrogen-bond acceptors (Lipinski definition) is 3. The van der Waals surface area contributed by atoms with Gasteiger partial charge in [-0.3, -0.25) is 4.79 Å². The zero-order valence-electron chi connectivity index (χ0n) is 10.0. The van der Waals surface area contributed by atoms with E-state index in [1.807, 2.05) is 27.7 Å². The molecule has 1 atom stereocenters. The van der Waals surface area contributed by atoms with Gasteiger partial charge in [0.15, 0.2) is 0 Å². The number of ketones is 1. The van der Waals surface area contributed by atoms with E-state index >= 15 is 0 Å². The first-order chi connectivity index (χ1) is 6.82. The van der Waals surface area contributed by atoms with Crippen LogP contribution in [-0.4, -0.2) is 24.1 Å². The van der Waals surface area contributed by atoms with E-state index in [0.29, 0.717) is 18.6 Å². The molecule has 0 aromatic heterocycles. The summed E-state index contributed by atoms with van der Waals surface area (Å²) in [6.07, 6.45) is 2.22. The first-order valence-electron chi connectivity index (χ1n) is 5.69. The lowest BCUT2D eigenvalue weighted by atomic mass is 9.71. The van der Waals surface area contributed by atoms with E-state index in [2.05, 4.69) is 0 Å². The van der Waals surface area contributed by atoms with Crippen molar-refractivity contribution in [2.24, 2.45) is 0 Å². The van der Waals surface area contributed by atoms with E-state index < -0.39 is 0 Å². The van der Waals surface area contributed by atoms with Crippen molar-refractivity contribution in [2.75, 3.05) is 0 Å². The van der Waals surface area contributed by atoms with Crippen molar-refractivity contribution in [2.45, 2.75) is 64.0 Å². The predicted molar refractivity (Wildman–Crippen MR) is 58.7 cm³/mol. The summed E-state index contributed by atoms with van der Waals surface area (Å²) in [7, 11) is -0.193. The van der Waals surface area contributed by atoms with E-state index in [1.54, 1.807) is 0 Å². The Labute approximate surface area is 91.7 Å². The summed E-state index contributed by atoms with van der Waals surface area (Å²) < 4.78 is 11.8. The number of Topliss-reactive ketones (excluding diaryl/α,β-unsaturated/α-hetero) is 1. The molecule has 3 nitrogen and oxygen atoms in total. The van der Waals surface area contributed by atoms with Gasteiger partial charge in [0.1, 0.15) is 5.78 Å². The van der Waals surface area contributed by atoms with Gasteiger partial charge in [-0.25, -0.2) is 0 Å². The molecule has 1 saturated carbocycles. The first kappa shape index (κ1) is 11.1. The third-order valence-corrected chi connectivity index (χ3v) is 3.94. The fourth-order valence-corrected chi connectivity index (χ4v) is 2.16. The van der Waals surface area contributed by atoms with Crippen LogP contribution >= 0.6 is 0 Å². The van der Waals surface area contributed by atoms with Crippen molar-refractivity contribution in [3.05, 3.63) is 0 Å². The van der Waals surface area contributed by atoms with Crippen molar-refractivity contribution in [1.29, 1.82) is 0 Å². The fourth-order valence-electron chi connectivity index (χ4n) is 2.16. The Morgan fingerprint density at radius 2 is 1.73 bits per heavy atom. The number of carbonyl (C=O) groups is 1. The smallest absolute Gasteiger partial charge is 0.403 e. The summed E-state index contributed by atoms with van der Waals surface area (Å²) >= 11 is 0. The van der Waals surface area contributed by atoms with E-state index in [9.17, 15) is 4.79 Å². The Bertz CT molecular complexity index is 270. The zero-order valence-corrected chi connectivity index (χ0v) is 10.0. The summed E-state index contributed by atoms with van der Waals surface area (Å²) in [4.78, 5) is 11.2. The Balaban J connectivity index is 2.06. The van der Waals surface area contributed by atoms with Gasteiger partial charge in [0.05, 0.1) is 11.2 Å². The second-order valence-electron chi connectivity index (χ2n) is 5.67. The van der Waals surface area contributed by atoms with Crippen LogP contribution in [0.4, 0.5) is 0 Å². The van der Waals surface area contributed by atoms with Crippen LogP contribution in [0.15, 0.2) is 0 Å². The molecule has 0 unspecified atom stereocenters. The first-order valence-corrected chi connectivity index (χ1v) is 5.69. The van der Waals surface area contributed by atoms with Crippen molar-refractivity contribution in [1.82, 2.24) is 0 Å². The molecule has 2 aliphatic rings. The fraction of sp³-hybridized carbons (Fsp3) is 0.909. The zero-order chi connectivity index (χ0) is 11.3. The van der Waals surface area contributed by atoms with Gasteiger partial charge in [0, 0.05) is 18.7 Å². The van der Waals surface area contributed by atoms with Crippen molar-refractivity contribution >= 4 is 12.9 Å². The normalized spacial score (nSPS) is 33.7. The number of hydrogen-bond donors (Lipinski definition) is 0. The molecule has 1 saturated heterocycles. The summed E-state index contributed by atoms with van der Waals surface area (Å²) in [6, 6.07) is 0. The van der Waals surface area contributed by atoms with Crippen molar-refractivity contribution in [3.8, 4) is 0 Å². The average molecular weight is 210 g/mol. The molecule has 15 heavy (non-hydrogen) atoms. The van der Waals surface area contributed by atoms with Crippen LogP contribution in [0.1, 0.15) is 47.0 Å². The molecule has 84 valence electrons. The second-order valence-corrected chi connectivity index (χ2v) is 5.67. The molecule has 0 amide bonds. The monoisotopic (exact) mass is 210 g/mol. The third kappa shape index (κ3) is 1.85. The lowest BCUT2D eigenvalue weighted by Crippen LogP contribution is -2.41. The standard InChI is InChI=1S/C11H19BO3/c1-10(2)11(3,4)15-12(14-10)8-5-6-9(13)7-8/h8H,5-7H2,1-4H3/t8-/m1/s1. The maximum Gasteiger partial charge on any atom is 0.461 e. The molecule has 4 heteroatoms. The molecule has 0 aromatic rings. The minimum absolute atomic E-state index is 0.193. The number of carbonyl (C=O) groups excluding carboxylic acids is 1. The van der Waals surface area contributed by atoms with Crippen LogP contribution in [0, 0.1) is 0 Å². The van der Waals surface area contributed by atoms with E-state index in [0.717, 1.165) is 6.42 Å². The Morgan fingerprint density at radius 1 is 1.20 bits per heavy atom. The van der Waals surface area contributed by atoms with Gasteiger partial charge in [0.25, 0.3) is 0 Å². The minimum atomic E-state index is -0.274. The maximum absolute atomic E-state index is 11.2. The lowest BCUT2D eigenvalue weighted by Gasteiger charge is -2.32. The van der Waals surface area contributed by atoms with Gasteiger partial charge in [0.2, 0.25) is 0 Å². The molecule has 0 bridgehead atoms. The summed E-state index contributed by atoms with van der Waals surface area (Å²) in [5, 5.41) is 0. The Hall–Kier alpha value is -0.345. The molecule has 0 spiro atoms.